The van der Waals surface area contributed by atoms with E-state index in [0.717, 1.165) is 36.1 Å². The number of benzene rings is 1. The van der Waals surface area contributed by atoms with Crippen LogP contribution in [0.2, 0.25) is 0 Å². The highest BCUT2D eigenvalue weighted by Crippen LogP contribution is 2.28. The van der Waals surface area contributed by atoms with E-state index in [-0.39, 0.29) is 24.0 Å². The zero-order valence-electron chi connectivity index (χ0n) is 18.3. The molecule has 162 valence electrons. The van der Waals surface area contributed by atoms with Gasteiger partial charge in [0, 0.05) is 38.4 Å². The molecule has 0 unspecified atom stereocenters. The van der Waals surface area contributed by atoms with E-state index in [4.69, 9.17) is 9.47 Å². The average Bonchev–Trinajstić information content (AvgIpc) is 2.92. The van der Waals surface area contributed by atoms with E-state index in [9.17, 15) is 0 Å². The summed E-state index contributed by atoms with van der Waals surface area (Å²) < 4.78 is 13.2. The second-order valence-corrected chi connectivity index (χ2v) is 6.52. The Morgan fingerprint density at radius 1 is 1.10 bits per heavy atom. The van der Waals surface area contributed by atoms with Gasteiger partial charge in [-0.25, -0.2) is 0 Å². The summed E-state index contributed by atoms with van der Waals surface area (Å²) in [6.45, 7) is 10.8. The number of nitrogens with zero attached hydrogens (tertiary/aromatic N) is 3. The molecule has 0 radical (unpaired) electrons. The smallest absolute Gasteiger partial charge is 0.191 e. The van der Waals surface area contributed by atoms with Gasteiger partial charge in [0.05, 0.1) is 18.9 Å². The zero-order chi connectivity index (χ0) is 20.5. The molecule has 1 aromatic carbocycles. The number of halogens is 1. The molecular weight excluding hydrogens is 481 g/mol. The molecule has 0 fully saturated rings. The van der Waals surface area contributed by atoms with E-state index >= 15 is 0 Å². The van der Waals surface area contributed by atoms with Crippen LogP contribution in [0.25, 0.3) is 0 Å². The van der Waals surface area contributed by atoms with Crippen LogP contribution in [0.1, 0.15) is 36.4 Å². The summed E-state index contributed by atoms with van der Waals surface area (Å²) in [5.41, 5.74) is 4.60. The number of rotatable bonds is 9. The molecule has 29 heavy (non-hydrogen) atoms. The lowest BCUT2D eigenvalue weighted by Gasteiger charge is -2.14. The van der Waals surface area contributed by atoms with Crippen LogP contribution < -0.4 is 20.1 Å². The van der Waals surface area contributed by atoms with Gasteiger partial charge >= 0.3 is 0 Å². The van der Waals surface area contributed by atoms with Crippen molar-refractivity contribution in [1.29, 1.82) is 0 Å². The van der Waals surface area contributed by atoms with Crippen molar-refractivity contribution in [3.05, 3.63) is 40.7 Å². The maximum atomic E-state index is 5.70. The quantitative estimate of drug-likeness (QED) is 0.305. The van der Waals surface area contributed by atoms with Crippen LogP contribution in [0, 0.1) is 13.8 Å². The number of hydrogen-bond donors (Lipinski definition) is 2. The molecule has 0 aliphatic carbocycles. The molecule has 0 atom stereocenters. The predicted molar refractivity (Wildman–Crippen MR) is 129 cm³/mol. The highest BCUT2D eigenvalue weighted by molar-refractivity contribution is 14.0. The third-order valence-corrected chi connectivity index (χ3v) is 4.63. The molecule has 2 rings (SSSR count). The Kier molecular flexibility index (Phi) is 10.9. The van der Waals surface area contributed by atoms with Crippen molar-refractivity contribution < 1.29 is 9.47 Å². The lowest BCUT2D eigenvalue weighted by molar-refractivity contribution is 0.287. The van der Waals surface area contributed by atoms with Crippen LogP contribution >= 0.6 is 24.0 Å². The standard InChI is InChI=1S/C21H33N5O2.HI/c1-7-27-19-10-9-17(13-20(19)28-8-2)11-12-23-21(22-5)24-14-18-15(3)25-26(6)16(18)4;/h9-10,13H,7-8,11-12,14H2,1-6H3,(H2,22,23,24);1H. The second-order valence-electron chi connectivity index (χ2n) is 6.52. The molecule has 0 bridgehead atoms. The maximum absolute atomic E-state index is 5.70. The zero-order valence-corrected chi connectivity index (χ0v) is 20.7. The molecule has 0 aliphatic rings. The van der Waals surface area contributed by atoms with Gasteiger partial charge in [-0.3, -0.25) is 9.67 Å². The van der Waals surface area contributed by atoms with Crippen molar-refractivity contribution in [2.75, 3.05) is 26.8 Å². The summed E-state index contributed by atoms with van der Waals surface area (Å²) in [6.07, 6.45) is 0.859. The summed E-state index contributed by atoms with van der Waals surface area (Å²) in [5, 5.41) is 11.2. The molecule has 8 heteroatoms. The molecule has 2 N–H and O–H groups in total. The van der Waals surface area contributed by atoms with Crippen molar-refractivity contribution in [2.24, 2.45) is 12.0 Å². The fourth-order valence-corrected chi connectivity index (χ4v) is 3.04. The lowest BCUT2D eigenvalue weighted by atomic mass is 10.1. The van der Waals surface area contributed by atoms with Crippen LogP contribution in [0.3, 0.4) is 0 Å². The van der Waals surface area contributed by atoms with Crippen LogP contribution in [-0.4, -0.2) is 42.5 Å². The third kappa shape index (κ3) is 7.09. The summed E-state index contributed by atoms with van der Waals surface area (Å²) in [4.78, 5) is 4.31. The summed E-state index contributed by atoms with van der Waals surface area (Å²) in [5.74, 6) is 2.37. The van der Waals surface area contributed by atoms with Gasteiger partial charge in [0.25, 0.3) is 0 Å². The summed E-state index contributed by atoms with van der Waals surface area (Å²) in [7, 11) is 3.74. The number of aliphatic imine (C=N–C) groups is 1. The minimum absolute atomic E-state index is 0. The topological polar surface area (TPSA) is 72.7 Å². The fourth-order valence-electron chi connectivity index (χ4n) is 3.04. The van der Waals surface area contributed by atoms with Crippen LogP contribution in [0.15, 0.2) is 23.2 Å². The predicted octanol–water partition coefficient (Wildman–Crippen LogP) is 3.36. The highest BCUT2D eigenvalue weighted by atomic mass is 127. The van der Waals surface area contributed by atoms with Gasteiger partial charge in [-0.15, -0.1) is 24.0 Å². The number of nitrogens with one attached hydrogen (secondary N) is 2. The first-order valence-corrected chi connectivity index (χ1v) is 9.82. The normalized spacial score (nSPS) is 11.0. The van der Waals surface area contributed by atoms with Gasteiger partial charge in [-0.2, -0.15) is 5.10 Å². The van der Waals surface area contributed by atoms with E-state index < -0.39 is 0 Å². The van der Waals surface area contributed by atoms with Crippen LogP contribution in [-0.2, 0) is 20.0 Å². The number of ether oxygens (including phenoxy) is 2. The van der Waals surface area contributed by atoms with E-state index in [1.807, 2.05) is 38.6 Å². The molecule has 1 heterocycles. The minimum atomic E-state index is 0. The Morgan fingerprint density at radius 2 is 1.79 bits per heavy atom. The fraction of sp³-hybridized carbons (Fsp3) is 0.524. The van der Waals surface area contributed by atoms with E-state index in [0.29, 0.717) is 19.8 Å². The first-order chi connectivity index (χ1) is 13.5. The Morgan fingerprint density at radius 3 is 2.38 bits per heavy atom. The molecule has 0 spiro atoms. The first-order valence-electron chi connectivity index (χ1n) is 9.82. The maximum Gasteiger partial charge on any atom is 0.191 e. The molecule has 0 aliphatic heterocycles. The Balaban J connectivity index is 0.00000420. The van der Waals surface area contributed by atoms with Gasteiger partial charge in [0.1, 0.15) is 0 Å². The van der Waals surface area contributed by atoms with Crippen LogP contribution in [0.4, 0.5) is 0 Å². The third-order valence-electron chi connectivity index (χ3n) is 4.63. The van der Waals surface area contributed by atoms with E-state index in [1.165, 1.54) is 16.8 Å². The molecular formula is C21H34IN5O2. The van der Waals surface area contributed by atoms with E-state index in [1.54, 1.807) is 7.05 Å². The summed E-state index contributed by atoms with van der Waals surface area (Å²) >= 11 is 0. The number of aromatic nitrogens is 2. The highest BCUT2D eigenvalue weighted by Gasteiger charge is 2.10. The van der Waals surface area contributed by atoms with Crippen molar-refractivity contribution in [3.63, 3.8) is 0 Å². The van der Waals surface area contributed by atoms with Crippen molar-refractivity contribution in [1.82, 2.24) is 20.4 Å². The van der Waals surface area contributed by atoms with Gasteiger partial charge in [-0.05, 0) is 51.8 Å². The van der Waals surface area contributed by atoms with Gasteiger partial charge in [0.15, 0.2) is 17.5 Å². The molecule has 0 saturated heterocycles. The first kappa shape index (κ1) is 25.1. The van der Waals surface area contributed by atoms with Crippen molar-refractivity contribution >= 4 is 29.9 Å². The molecule has 0 amide bonds. The summed E-state index contributed by atoms with van der Waals surface area (Å²) in [6, 6.07) is 6.10. The average molecular weight is 515 g/mol. The Bertz CT molecular complexity index is 805. The number of aryl methyl sites for hydroxylation is 2. The van der Waals surface area contributed by atoms with Gasteiger partial charge < -0.3 is 20.1 Å². The molecule has 7 nitrogen and oxygen atoms in total. The van der Waals surface area contributed by atoms with Crippen LogP contribution in [0.5, 0.6) is 11.5 Å². The monoisotopic (exact) mass is 515 g/mol. The van der Waals surface area contributed by atoms with Gasteiger partial charge in [-0.1, -0.05) is 6.07 Å². The van der Waals surface area contributed by atoms with Crippen molar-refractivity contribution in [3.8, 4) is 11.5 Å². The van der Waals surface area contributed by atoms with E-state index in [2.05, 4.69) is 39.8 Å². The number of guanidine groups is 1. The largest absolute Gasteiger partial charge is 0.490 e. The number of hydrogen-bond acceptors (Lipinski definition) is 4. The molecule has 1 aromatic heterocycles. The SMILES string of the molecule is CCOc1ccc(CCNC(=NC)NCc2c(C)nn(C)c2C)cc1OCC.I. The van der Waals surface area contributed by atoms with Crippen molar-refractivity contribution in [2.45, 2.75) is 40.7 Å². The minimum Gasteiger partial charge on any atom is -0.490 e. The lowest BCUT2D eigenvalue weighted by Crippen LogP contribution is -2.38. The Hall–Kier alpha value is -1.97. The van der Waals surface area contributed by atoms with Gasteiger partial charge in [0.2, 0.25) is 0 Å². The Labute approximate surface area is 191 Å². The second kappa shape index (κ2) is 12.6. The molecule has 0 saturated carbocycles. The molecule has 2 aromatic rings.